The van der Waals surface area contributed by atoms with Crippen LogP contribution in [0.5, 0.6) is 0 Å². The number of fused-ring (bicyclic) bond motifs is 1. The van der Waals surface area contributed by atoms with Crippen LogP contribution in [0, 0.1) is 5.41 Å². The Labute approximate surface area is 165 Å². The number of carboxylic acid groups (broad SMARTS) is 1. The molecule has 2 saturated heterocycles. The van der Waals surface area contributed by atoms with Crippen LogP contribution in [0.15, 0.2) is 11.9 Å². The number of likely N-dealkylation sites (tertiary alicyclic amines) is 1. The van der Waals surface area contributed by atoms with Crippen LogP contribution in [0.3, 0.4) is 0 Å². The molecule has 0 spiro atoms. The van der Waals surface area contributed by atoms with Crippen LogP contribution in [0.2, 0.25) is 0 Å². The van der Waals surface area contributed by atoms with Gasteiger partial charge in [-0.1, -0.05) is 20.8 Å². The molecule has 1 atom stereocenters. The molecule has 0 radical (unpaired) electrons. The molecule has 3 heterocycles. The number of rotatable bonds is 3. The maximum Gasteiger partial charge on any atom is 0.405 e. The molecule has 9 heteroatoms. The third-order valence-corrected chi connectivity index (χ3v) is 6.36. The second kappa shape index (κ2) is 6.86. The van der Waals surface area contributed by atoms with Crippen molar-refractivity contribution in [3.05, 3.63) is 11.9 Å². The average molecular weight is 393 g/mol. The Hall–Kier alpha value is -2.45. The standard InChI is InChI=1S/C19H31N5O4/c1-18(2,3)19(4,20-17(27)28)16(26)22-8-6-13(7-9-22)24-12-23-11-21(5)10-14(23)15(24)25/h10,13,20H,6-9,11-12H2,1-5H3,(H,27,28)/t19-/m0/s1. The van der Waals surface area contributed by atoms with Crippen molar-refractivity contribution in [3.8, 4) is 0 Å². The molecule has 0 aliphatic carbocycles. The molecule has 3 rings (SSSR count). The summed E-state index contributed by atoms with van der Waals surface area (Å²) in [5, 5.41) is 11.7. The number of carbonyl (C=O) groups excluding carboxylic acids is 2. The van der Waals surface area contributed by atoms with Gasteiger partial charge >= 0.3 is 6.09 Å². The van der Waals surface area contributed by atoms with E-state index >= 15 is 0 Å². The Kier molecular flexibility index (Phi) is 4.97. The van der Waals surface area contributed by atoms with E-state index in [0.29, 0.717) is 32.6 Å². The van der Waals surface area contributed by atoms with Crippen LogP contribution in [0.25, 0.3) is 0 Å². The van der Waals surface area contributed by atoms with Crippen molar-refractivity contribution in [1.82, 2.24) is 24.9 Å². The first-order chi connectivity index (χ1) is 12.9. The molecule has 0 unspecified atom stereocenters. The van der Waals surface area contributed by atoms with Gasteiger partial charge in [-0.15, -0.1) is 0 Å². The van der Waals surface area contributed by atoms with Gasteiger partial charge in [-0.05, 0) is 25.2 Å². The van der Waals surface area contributed by atoms with Crippen molar-refractivity contribution in [2.45, 2.75) is 52.1 Å². The van der Waals surface area contributed by atoms with Crippen LogP contribution in [0.1, 0.15) is 40.5 Å². The Morgan fingerprint density at radius 2 is 1.75 bits per heavy atom. The first-order valence-corrected chi connectivity index (χ1v) is 9.72. The summed E-state index contributed by atoms with van der Waals surface area (Å²) in [6.07, 6.45) is 2.07. The molecular formula is C19H31N5O4. The van der Waals surface area contributed by atoms with Gasteiger partial charge in [0.05, 0.1) is 13.3 Å². The van der Waals surface area contributed by atoms with Crippen LogP contribution >= 0.6 is 0 Å². The van der Waals surface area contributed by atoms with Crippen molar-refractivity contribution in [1.29, 1.82) is 0 Å². The molecule has 0 aromatic carbocycles. The number of hydrogen-bond acceptors (Lipinski definition) is 5. The minimum atomic E-state index is -1.22. The summed E-state index contributed by atoms with van der Waals surface area (Å²) in [6, 6.07) is 0.0988. The van der Waals surface area contributed by atoms with Gasteiger partial charge in [-0.2, -0.15) is 0 Å². The molecule has 156 valence electrons. The maximum atomic E-state index is 13.2. The first-order valence-electron chi connectivity index (χ1n) is 9.72. The van der Waals surface area contributed by atoms with Gasteiger partial charge in [0.15, 0.2) is 0 Å². The van der Waals surface area contributed by atoms with Crippen molar-refractivity contribution in [2.24, 2.45) is 5.41 Å². The fourth-order valence-corrected chi connectivity index (χ4v) is 4.14. The number of carbonyl (C=O) groups is 3. The van der Waals surface area contributed by atoms with Crippen molar-refractivity contribution < 1.29 is 19.5 Å². The van der Waals surface area contributed by atoms with Gasteiger partial charge in [0.1, 0.15) is 11.2 Å². The Balaban J connectivity index is 1.65. The highest BCUT2D eigenvalue weighted by Crippen LogP contribution is 2.34. The van der Waals surface area contributed by atoms with Crippen LogP contribution in [-0.4, -0.2) is 87.7 Å². The summed E-state index contributed by atoms with van der Waals surface area (Å²) < 4.78 is 0. The summed E-state index contributed by atoms with van der Waals surface area (Å²) >= 11 is 0. The van der Waals surface area contributed by atoms with Gasteiger partial charge in [-0.3, -0.25) is 9.59 Å². The summed E-state index contributed by atoms with van der Waals surface area (Å²) in [7, 11) is 1.95. The molecule has 28 heavy (non-hydrogen) atoms. The van der Waals surface area contributed by atoms with E-state index in [9.17, 15) is 19.5 Å². The Morgan fingerprint density at radius 1 is 1.14 bits per heavy atom. The highest BCUT2D eigenvalue weighted by atomic mass is 16.4. The van der Waals surface area contributed by atoms with Crippen molar-refractivity contribution >= 4 is 17.9 Å². The third kappa shape index (κ3) is 3.38. The van der Waals surface area contributed by atoms with Crippen LogP contribution < -0.4 is 5.32 Å². The van der Waals surface area contributed by atoms with E-state index in [-0.39, 0.29) is 17.9 Å². The topological polar surface area (TPSA) is 96.4 Å². The van der Waals surface area contributed by atoms with E-state index in [1.54, 1.807) is 11.8 Å². The second-order valence-corrected chi connectivity index (χ2v) is 9.20. The summed E-state index contributed by atoms with van der Waals surface area (Å²) in [4.78, 5) is 44.9. The zero-order valence-corrected chi connectivity index (χ0v) is 17.4. The predicted molar refractivity (Wildman–Crippen MR) is 103 cm³/mol. The van der Waals surface area contributed by atoms with Gasteiger partial charge in [-0.25, -0.2) is 4.79 Å². The van der Waals surface area contributed by atoms with E-state index in [1.165, 1.54) is 0 Å². The summed E-state index contributed by atoms with van der Waals surface area (Å²) in [6.45, 7) is 9.56. The fraction of sp³-hybridized carbons (Fsp3) is 0.737. The van der Waals surface area contributed by atoms with Crippen LogP contribution in [0.4, 0.5) is 4.79 Å². The molecule has 2 fully saturated rings. The average Bonchev–Trinajstić information content (AvgIpc) is 3.10. The van der Waals surface area contributed by atoms with Crippen molar-refractivity contribution in [3.63, 3.8) is 0 Å². The molecule has 3 amide bonds. The summed E-state index contributed by atoms with van der Waals surface area (Å²) in [5.41, 5.74) is -1.05. The van der Waals surface area contributed by atoms with E-state index in [1.807, 2.05) is 43.8 Å². The molecule has 0 aromatic rings. The van der Waals surface area contributed by atoms with E-state index in [2.05, 4.69) is 10.2 Å². The number of piperidine rings is 1. The lowest BCUT2D eigenvalue weighted by Crippen LogP contribution is -2.65. The lowest BCUT2D eigenvalue weighted by molar-refractivity contribution is -0.144. The number of amides is 3. The van der Waals surface area contributed by atoms with Crippen LogP contribution in [-0.2, 0) is 9.59 Å². The van der Waals surface area contributed by atoms with E-state index in [0.717, 1.165) is 12.4 Å². The molecule has 3 aliphatic rings. The molecule has 2 N–H and O–H groups in total. The number of hydrogen-bond donors (Lipinski definition) is 2. The first kappa shape index (κ1) is 20.3. The third-order valence-electron chi connectivity index (χ3n) is 6.36. The normalized spacial score (nSPS) is 22.9. The van der Waals surface area contributed by atoms with E-state index < -0.39 is 17.0 Å². The smallest absolute Gasteiger partial charge is 0.405 e. The minimum Gasteiger partial charge on any atom is -0.465 e. The molecular weight excluding hydrogens is 362 g/mol. The van der Waals surface area contributed by atoms with Gasteiger partial charge in [0.2, 0.25) is 5.91 Å². The van der Waals surface area contributed by atoms with Crippen molar-refractivity contribution in [2.75, 3.05) is 33.5 Å². The minimum absolute atomic E-state index is 0.0567. The molecule has 3 aliphatic heterocycles. The number of nitrogens with zero attached hydrogens (tertiary/aromatic N) is 4. The van der Waals surface area contributed by atoms with Gasteiger partial charge in [0, 0.05) is 32.4 Å². The maximum absolute atomic E-state index is 13.2. The predicted octanol–water partition coefficient (Wildman–Crippen LogP) is 0.896. The zero-order valence-electron chi connectivity index (χ0n) is 17.4. The lowest BCUT2D eigenvalue weighted by Gasteiger charge is -2.45. The second-order valence-electron chi connectivity index (χ2n) is 9.20. The zero-order chi connectivity index (χ0) is 20.9. The highest BCUT2D eigenvalue weighted by Gasteiger charge is 2.49. The number of nitrogens with one attached hydrogen (secondary N) is 1. The largest absolute Gasteiger partial charge is 0.465 e. The Bertz CT molecular complexity index is 708. The molecule has 0 bridgehead atoms. The quantitative estimate of drug-likeness (QED) is 0.739. The lowest BCUT2D eigenvalue weighted by atomic mass is 9.73. The monoisotopic (exact) mass is 393 g/mol. The molecule has 0 saturated carbocycles. The highest BCUT2D eigenvalue weighted by molar-refractivity contribution is 5.95. The fourth-order valence-electron chi connectivity index (χ4n) is 4.14. The SMILES string of the molecule is CN1C=C2C(=O)N(C3CCN(C(=O)[C@](C)(NC(=O)O)C(C)(C)C)CC3)CN2C1. The van der Waals surface area contributed by atoms with Gasteiger partial charge in [0.25, 0.3) is 5.91 Å². The molecule has 0 aromatic heterocycles. The molecule has 9 nitrogen and oxygen atoms in total. The van der Waals surface area contributed by atoms with Gasteiger partial charge < -0.3 is 30.0 Å². The van der Waals surface area contributed by atoms with E-state index in [4.69, 9.17) is 0 Å². The summed E-state index contributed by atoms with van der Waals surface area (Å²) in [5.74, 6) is -0.153. The Morgan fingerprint density at radius 3 is 2.25 bits per heavy atom.